The first-order chi connectivity index (χ1) is 12.2. The second-order valence-corrected chi connectivity index (χ2v) is 6.31. The summed E-state index contributed by atoms with van der Waals surface area (Å²) in [7, 11) is 2.01. The van der Waals surface area contributed by atoms with Gasteiger partial charge in [-0.1, -0.05) is 48.5 Å². The molecule has 0 aliphatic rings. The van der Waals surface area contributed by atoms with Gasteiger partial charge in [-0.05, 0) is 23.6 Å². The van der Waals surface area contributed by atoms with Gasteiger partial charge >= 0.3 is 0 Å². The zero-order valence-electron chi connectivity index (χ0n) is 14.2. The third kappa shape index (κ3) is 3.08. The summed E-state index contributed by atoms with van der Waals surface area (Å²) >= 11 is 0. The number of ether oxygens (including phenoxy) is 1. The maximum absolute atomic E-state index is 10.4. The highest BCUT2D eigenvalue weighted by molar-refractivity contribution is 5.88. The van der Waals surface area contributed by atoms with Gasteiger partial charge in [0.05, 0.1) is 7.05 Å². The van der Waals surface area contributed by atoms with E-state index in [4.69, 9.17) is 4.74 Å². The summed E-state index contributed by atoms with van der Waals surface area (Å²) < 4.78 is 10.0. The molecule has 0 unspecified atom stereocenters. The molecule has 0 aliphatic heterocycles. The Kier molecular flexibility index (Phi) is 4.12. The van der Waals surface area contributed by atoms with Crippen LogP contribution in [0, 0.1) is 0 Å². The first-order valence-corrected chi connectivity index (χ1v) is 8.44. The quantitative estimate of drug-likeness (QED) is 0.570. The summed E-state index contributed by atoms with van der Waals surface area (Å²) in [5.74, 6) is 0.806. The molecular formula is C21H21N2O2+. The molecule has 0 radical (unpaired) electrons. The molecule has 0 saturated carbocycles. The Morgan fingerprint density at radius 2 is 1.76 bits per heavy atom. The largest absolute Gasteiger partial charge is 0.490 e. The van der Waals surface area contributed by atoms with Gasteiger partial charge in [0.25, 0.3) is 0 Å². The van der Waals surface area contributed by atoms with Crippen molar-refractivity contribution in [2.75, 3.05) is 6.61 Å². The number of hydrogen-bond acceptors (Lipinski definition) is 2. The molecule has 1 atom stereocenters. The lowest BCUT2D eigenvalue weighted by Gasteiger charge is -2.12. The number of benzene rings is 3. The lowest BCUT2D eigenvalue weighted by molar-refractivity contribution is -0.645. The highest BCUT2D eigenvalue weighted by Gasteiger charge is 2.16. The average molecular weight is 333 g/mol. The number of aliphatic hydroxyl groups excluding tert-OH is 1. The number of nitrogens with zero attached hydrogens (tertiary/aromatic N) is 2. The number of aromatic nitrogens is 2. The minimum atomic E-state index is -0.588. The SMILES string of the molecule is C[n+]1cn(C[C@@H](O)COc2cccc3ccccc23)c2ccccc21. The fourth-order valence-electron chi connectivity index (χ4n) is 3.27. The molecule has 0 saturated heterocycles. The fraction of sp³-hybridized carbons (Fsp3) is 0.190. The zero-order chi connectivity index (χ0) is 17.2. The molecule has 25 heavy (non-hydrogen) atoms. The third-order valence-corrected chi connectivity index (χ3v) is 4.47. The maximum Gasteiger partial charge on any atom is 0.244 e. The molecule has 0 spiro atoms. The molecule has 0 bridgehead atoms. The Hall–Kier alpha value is -2.85. The van der Waals surface area contributed by atoms with Crippen LogP contribution in [0.4, 0.5) is 0 Å². The van der Waals surface area contributed by atoms with Crippen molar-refractivity contribution in [2.24, 2.45) is 7.05 Å². The normalized spacial score (nSPS) is 12.6. The smallest absolute Gasteiger partial charge is 0.244 e. The van der Waals surface area contributed by atoms with Crippen molar-refractivity contribution in [2.45, 2.75) is 12.6 Å². The van der Waals surface area contributed by atoms with E-state index in [1.807, 2.05) is 55.8 Å². The van der Waals surface area contributed by atoms with Gasteiger partial charge < -0.3 is 9.84 Å². The Balaban J connectivity index is 1.49. The number of aryl methyl sites for hydroxylation is 1. The zero-order valence-corrected chi connectivity index (χ0v) is 14.2. The van der Waals surface area contributed by atoms with Crippen molar-refractivity contribution in [1.82, 2.24) is 4.57 Å². The molecular weight excluding hydrogens is 312 g/mol. The molecule has 0 fully saturated rings. The molecule has 4 nitrogen and oxygen atoms in total. The Bertz CT molecular complexity index is 1020. The van der Waals surface area contributed by atoms with E-state index in [9.17, 15) is 5.11 Å². The number of rotatable bonds is 5. The molecule has 4 aromatic rings. The highest BCUT2D eigenvalue weighted by Crippen LogP contribution is 2.25. The standard InChI is InChI=1S/C21H21N2O2/c1-22-15-23(20-11-5-4-10-19(20)22)13-17(24)14-25-21-12-6-8-16-7-2-3-9-18(16)21/h2-12,15,17,24H,13-14H2,1H3/q+1/t17-/m1/s1. The van der Waals surface area contributed by atoms with E-state index < -0.39 is 6.10 Å². The number of aliphatic hydroxyl groups is 1. The van der Waals surface area contributed by atoms with Crippen molar-refractivity contribution in [3.8, 4) is 5.75 Å². The predicted molar refractivity (Wildman–Crippen MR) is 98.6 cm³/mol. The van der Waals surface area contributed by atoms with Gasteiger partial charge in [-0.15, -0.1) is 0 Å². The second-order valence-electron chi connectivity index (χ2n) is 6.31. The van der Waals surface area contributed by atoms with E-state index in [-0.39, 0.29) is 6.61 Å². The van der Waals surface area contributed by atoms with Crippen LogP contribution in [-0.4, -0.2) is 22.4 Å². The summed E-state index contributed by atoms with van der Waals surface area (Å²) in [6, 6.07) is 22.3. The van der Waals surface area contributed by atoms with Gasteiger partial charge in [-0.25, -0.2) is 9.13 Å². The van der Waals surface area contributed by atoms with Gasteiger partial charge in [0.2, 0.25) is 6.33 Å². The molecule has 0 aliphatic carbocycles. The molecule has 4 rings (SSSR count). The predicted octanol–water partition coefficient (Wildman–Crippen LogP) is 3.06. The molecule has 1 heterocycles. The summed E-state index contributed by atoms with van der Waals surface area (Å²) in [6.07, 6.45) is 1.42. The fourth-order valence-corrected chi connectivity index (χ4v) is 3.27. The van der Waals surface area contributed by atoms with Crippen LogP contribution in [-0.2, 0) is 13.6 Å². The van der Waals surface area contributed by atoms with Gasteiger partial charge in [0.15, 0.2) is 11.0 Å². The van der Waals surface area contributed by atoms with E-state index in [0.29, 0.717) is 6.54 Å². The molecule has 1 aromatic heterocycles. The lowest BCUT2D eigenvalue weighted by atomic mass is 10.1. The van der Waals surface area contributed by atoms with Gasteiger partial charge in [-0.3, -0.25) is 0 Å². The topological polar surface area (TPSA) is 38.3 Å². The van der Waals surface area contributed by atoms with Crippen LogP contribution in [0.2, 0.25) is 0 Å². The molecule has 126 valence electrons. The van der Waals surface area contributed by atoms with Crippen molar-refractivity contribution < 1.29 is 14.4 Å². The van der Waals surface area contributed by atoms with E-state index in [2.05, 4.69) is 33.4 Å². The van der Waals surface area contributed by atoms with E-state index in [0.717, 1.165) is 27.6 Å². The van der Waals surface area contributed by atoms with Crippen molar-refractivity contribution in [1.29, 1.82) is 0 Å². The summed E-state index contributed by atoms with van der Waals surface area (Å²) in [5.41, 5.74) is 2.25. The van der Waals surface area contributed by atoms with Crippen LogP contribution in [0.25, 0.3) is 21.8 Å². The van der Waals surface area contributed by atoms with Crippen LogP contribution in [0.15, 0.2) is 73.1 Å². The number of hydrogen-bond donors (Lipinski definition) is 1. The van der Waals surface area contributed by atoms with E-state index in [1.54, 1.807) is 0 Å². The van der Waals surface area contributed by atoms with Crippen LogP contribution < -0.4 is 9.30 Å². The van der Waals surface area contributed by atoms with E-state index in [1.165, 1.54) is 0 Å². The first kappa shape index (κ1) is 15.7. The average Bonchev–Trinajstić information content (AvgIpc) is 2.96. The number of imidazole rings is 1. The molecule has 4 heteroatoms. The van der Waals surface area contributed by atoms with Gasteiger partial charge in [0.1, 0.15) is 25.0 Å². The lowest BCUT2D eigenvalue weighted by Crippen LogP contribution is -2.27. The van der Waals surface area contributed by atoms with E-state index >= 15 is 0 Å². The van der Waals surface area contributed by atoms with Crippen molar-refractivity contribution >= 4 is 21.8 Å². The highest BCUT2D eigenvalue weighted by atomic mass is 16.5. The monoisotopic (exact) mass is 333 g/mol. The summed E-state index contributed by atoms with van der Waals surface area (Å²) in [4.78, 5) is 0. The number of fused-ring (bicyclic) bond motifs is 2. The Morgan fingerprint density at radius 3 is 2.68 bits per heavy atom. The Morgan fingerprint density at radius 1 is 1.00 bits per heavy atom. The van der Waals surface area contributed by atoms with Crippen molar-refractivity contribution in [3.05, 3.63) is 73.1 Å². The second kappa shape index (κ2) is 6.57. The van der Waals surface area contributed by atoms with Crippen LogP contribution in [0.3, 0.4) is 0 Å². The summed E-state index contributed by atoms with van der Waals surface area (Å²) in [6.45, 7) is 0.746. The minimum absolute atomic E-state index is 0.254. The van der Waals surface area contributed by atoms with Crippen LogP contribution >= 0.6 is 0 Å². The van der Waals surface area contributed by atoms with Gasteiger partial charge in [-0.2, -0.15) is 0 Å². The minimum Gasteiger partial charge on any atom is -0.490 e. The summed E-state index contributed by atoms with van der Waals surface area (Å²) in [5, 5.41) is 12.7. The first-order valence-electron chi connectivity index (χ1n) is 8.44. The molecule has 1 N–H and O–H groups in total. The van der Waals surface area contributed by atoms with Crippen LogP contribution in [0.5, 0.6) is 5.75 Å². The maximum atomic E-state index is 10.4. The number of para-hydroxylation sites is 2. The third-order valence-electron chi connectivity index (χ3n) is 4.47. The molecule has 0 amide bonds. The van der Waals surface area contributed by atoms with Gasteiger partial charge in [0, 0.05) is 5.39 Å². The van der Waals surface area contributed by atoms with Crippen LogP contribution in [0.1, 0.15) is 0 Å². The Labute approximate surface area is 146 Å². The van der Waals surface area contributed by atoms with Crippen molar-refractivity contribution in [3.63, 3.8) is 0 Å². The molecule has 3 aromatic carbocycles.